The van der Waals surface area contributed by atoms with E-state index in [0.29, 0.717) is 5.56 Å². The van der Waals surface area contributed by atoms with Gasteiger partial charge in [0.05, 0.1) is 5.69 Å². The van der Waals surface area contributed by atoms with Crippen LogP contribution in [0.4, 0.5) is 11.4 Å². The first-order chi connectivity index (χ1) is 8.06. The van der Waals surface area contributed by atoms with Crippen molar-refractivity contribution in [2.75, 3.05) is 30.4 Å². The number of nitrogens with zero attached hydrogens (tertiary/aromatic N) is 2. The second-order valence-corrected chi connectivity index (χ2v) is 4.46. The molecule has 0 fully saturated rings. The molecule has 1 heterocycles. The van der Waals surface area contributed by atoms with Crippen LogP contribution in [0.15, 0.2) is 18.2 Å². The molecule has 0 radical (unpaired) electrons. The van der Waals surface area contributed by atoms with Crippen molar-refractivity contribution in [3.63, 3.8) is 0 Å². The summed E-state index contributed by atoms with van der Waals surface area (Å²) in [5, 5.41) is 9.75. The molecule has 1 aliphatic heterocycles. The molecule has 4 nitrogen and oxygen atoms in total. The van der Waals surface area contributed by atoms with Crippen LogP contribution in [0, 0.1) is 0 Å². The first-order valence-corrected chi connectivity index (χ1v) is 5.87. The molecule has 1 unspecified atom stereocenters. The summed E-state index contributed by atoms with van der Waals surface area (Å²) in [5.41, 5.74) is 2.58. The Morgan fingerprint density at radius 2 is 2.18 bits per heavy atom. The molecule has 1 atom stereocenters. The van der Waals surface area contributed by atoms with Gasteiger partial charge in [-0.15, -0.1) is 0 Å². The van der Waals surface area contributed by atoms with Crippen molar-refractivity contribution in [3.05, 3.63) is 23.8 Å². The van der Waals surface area contributed by atoms with Crippen LogP contribution in [-0.4, -0.2) is 31.7 Å². The number of anilines is 2. The SMILES string of the molecule is CCCN(C)c1ccc2c(c1)N(C)C(=O)C2O. The van der Waals surface area contributed by atoms with Crippen molar-refractivity contribution in [3.8, 4) is 0 Å². The van der Waals surface area contributed by atoms with E-state index in [2.05, 4.69) is 11.8 Å². The van der Waals surface area contributed by atoms with Crippen LogP contribution in [0.2, 0.25) is 0 Å². The maximum atomic E-state index is 11.6. The zero-order valence-electron chi connectivity index (χ0n) is 10.5. The molecule has 1 amide bonds. The van der Waals surface area contributed by atoms with Gasteiger partial charge in [-0.25, -0.2) is 0 Å². The Bertz CT molecular complexity index is 445. The Balaban J connectivity index is 2.36. The summed E-state index contributed by atoms with van der Waals surface area (Å²) in [6.45, 7) is 3.10. The molecule has 0 spiro atoms. The molecule has 0 saturated carbocycles. The molecular formula is C13H18N2O2. The van der Waals surface area contributed by atoms with Gasteiger partial charge in [-0.3, -0.25) is 4.79 Å². The van der Waals surface area contributed by atoms with Crippen LogP contribution in [0.3, 0.4) is 0 Å². The van der Waals surface area contributed by atoms with E-state index in [0.717, 1.165) is 24.3 Å². The third-order valence-corrected chi connectivity index (χ3v) is 3.23. The van der Waals surface area contributed by atoms with Crippen molar-refractivity contribution >= 4 is 17.3 Å². The molecule has 17 heavy (non-hydrogen) atoms. The average molecular weight is 234 g/mol. The fourth-order valence-electron chi connectivity index (χ4n) is 2.19. The molecule has 4 heteroatoms. The third-order valence-electron chi connectivity index (χ3n) is 3.23. The number of carbonyl (C=O) groups excluding carboxylic acids is 1. The van der Waals surface area contributed by atoms with Gasteiger partial charge < -0.3 is 14.9 Å². The lowest BCUT2D eigenvalue weighted by Gasteiger charge is -2.20. The third kappa shape index (κ3) is 1.89. The quantitative estimate of drug-likeness (QED) is 0.862. The first kappa shape index (κ1) is 11.9. The lowest BCUT2D eigenvalue weighted by molar-refractivity contribution is -0.125. The van der Waals surface area contributed by atoms with Crippen LogP contribution in [-0.2, 0) is 4.79 Å². The largest absolute Gasteiger partial charge is 0.378 e. The highest BCUT2D eigenvalue weighted by atomic mass is 16.3. The molecule has 0 aromatic heterocycles. The van der Waals surface area contributed by atoms with Gasteiger partial charge in [-0.1, -0.05) is 13.0 Å². The summed E-state index contributed by atoms with van der Waals surface area (Å²) in [6.07, 6.45) is 0.0749. The summed E-state index contributed by atoms with van der Waals surface area (Å²) in [6, 6.07) is 5.74. The van der Waals surface area contributed by atoms with Gasteiger partial charge in [0.2, 0.25) is 0 Å². The van der Waals surface area contributed by atoms with Crippen molar-refractivity contribution in [1.82, 2.24) is 0 Å². The normalized spacial score (nSPS) is 18.5. The highest BCUT2D eigenvalue weighted by Gasteiger charge is 2.33. The summed E-state index contributed by atoms with van der Waals surface area (Å²) >= 11 is 0. The number of carbonyl (C=O) groups is 1. The maximum Gasteiger partial charge on any atom is 0.260 e. The van der Waals surface area contributed by atoms with Crippen LogP contribution in [0.25, 0.3) is 0 Å². The topological polar surface area (TPSA) is 43.8 Å². The predicted octanol–water partition coefficient (Wildman–Crippen LogP) is 1.54. The number of hydrogen-bond acceptors (Lipinski definition) is 3. The van der Waals surface area contributed by atoms with E-state index in [1.165, 1.54) is 4.90 Å². The minimum Gasteiger partial charge on any atom is -0.378 e. The first-order valence-electron chi connectivity index (χ1n) is 5.87. The van der Waals surface area contributed by atoms with Crippen molar-refractivity contribution in [2.45, 2.75) is 19.4 Å². The van der Waals surface area contributed by atoms with E-state index >= 15 is 0 Å². The molecule has 92 valence electrons. The Labute approximate surface area is 101 Å². The molecule has 0 saturated heterocycles. The number of amides is 1. The van der Waals surface area contributed by atoms with E-state index in [4.69, 9.17) is 0 Å². The standard InChI is InChI=1S/C13H18N2O2/c1-4-7-14(2)9-5-6-10-11(8-9)15(3)13(17)12(10)16/h5-6,8,12,16H,4,7H2,1-3H3. The smallest absolute Gasteiger partial charge is 0.260 e. The lowest BCUT2D eigenvalue weighted by atomic mass is 10.1. The van der Waals surface area contributed by atoms with E-state index in [1.807, 2.05) is 25.2 Å². The number of hydrogen-bond donors (Lipinski definition) is 1. The Kier molecular flexibility index (Phi) is 3.07. The monoisotopic (exact) mass is 234 g/mol. The van der Waals surface area contributed by atoms with Gasteiger partial charge in [0.1, 0.15) is 0 Å². The Morgan fingerprint density at radius 3 is 2.82 bits per heavy atom. The molecule has 1 aromatic carbocycles. The number of fused-ring (bicyclic) bond motifs is 1. The van der Waals surface area contributed by atoms with E-state index in [9.17, 15) is 9.90 Å². The zero-order chi connectivity index (χ0) is 12.6. The molecular weight excluding hydrogens is 216 g/mol. The Morgan fingerprint density at radius 1 is 1.47 bits per heavy atom. The number of likely N-dealkylation sites (N-methyl/N-ethyl adjacent to an activating group) is 1. The fourth-order valence-corrected chi connectivity index (χ4v) is 2.19. The minimum atomic E-state index is -1.000. The fraction of sp³-hybridized carbons (Fsp3) is 0.462. The van der Waals surface area contributed by atoms with Crippen LogP contribution in [0.5, 0.6) is 0 Å². The number of aliphatic hydroxyl groups is 1. The predicted molar refractivity (Wildman–Crippen MR) is 68.4 cm³/mol. The van der Waals surface area contributed by atoms with Crippen molar-refractivity contribution in [1.29, 1.82) is 0 Å². The van der Waals surface area contributed by atoms with Gasteiger partial charge in [0.25, 0.3) is 5.91 Å². The number of benzene rings is 1. The second kappa shape index (κ2) is 4.37. The average Bonchev–Trinajstić information content (AvgIpc) is 2.55. The van der Waals surface area contributed by atoms with Crippen molar-refractivity contribution in [2.24, 2.45) is 0 Å². The number of rotatable bonds is 3. The van der Waals surface area contributed by atoms with Gasteiger partial charge in [-0.2, -0.15) is 0 Å². The highest BCUT2D eigenvalue weighted by molar-refractivity contribution is 6.03. The molecule has 1 aromatic rings. The minimum absolute atomic E-state index is 0.254. The maximum absolute atomic E-state index is 11.6. The van der Waals surface area contributed by atoms with Gasteiger partial charge in [-0.05, 0) is 18.6 Å². The van der Waals surface area contributed by atoms with Gasteiger partial charge in [0.15, 0.2) is 6.10 Å². The lowest BCUT2D eigenvalue weighted by Crippen LogP contribution is -2.23. The van der Waals surface area contributed by atoms with Gasteiger partial charge >= 0.3 is 0 Å². The van der Waals surface area contributed by atoms with Gasteiger partial charge in [0, 0.05) is 31.9 Å². The van der Waals surface area contributed by atoms with Crippen molar-refractivity contribution < 1.29 is 9.90 Å². The summed E-state index contributed by atoms with van der Waals surface area (Å²) < 4.78 is 0. The van der Waals surface area contributed by atoms with Crippen LogP contribution < -0.4 is 9.80 Å². The second-order valence-electron chi connectivity index (χ2n) is 4.46. The van der Waals surface area contributed by atoms with Crippen LogP contribution >= 0.6 is 0 Å². The molecule has 1 N–H and O–H groups in total. The van der Waals surface area contributed by atoms with E-state index in [-0.39, 0.29) is 5.91 Å². The molecule has 1 aliphatic rings. The molecule has 0 bridgehead atoms. The number of aliphatic hydroxyl groups excluding tert-OH is 1. The molecule has 0 aliphatic carbocycles. The van der Waals surface area contributed by atoms with Crippen LogP contribution in [0.1, 0.15) is 25.0 Å². The zero-order valence-corrected chi connectivity index (χ0v) is 10.5. The Hall–Kier alpha value is -1.55. The van der Waals surface area contributed by atoms with E-state index in [1.54, 1.807) is 7.05 Å². The summed E-state index contributed by atoms with van der Waals surface area (Å²) in [4.78, 5) is 15.3. The van der Waals surface area contributed by atoms with E-state index < -0.39 is 6.10 Å². The molecule has 2 rings (SSSR count). The summed E-state index contributed by atoms with van der Waals surface area (Å²) in [7, 11) is 3.72. The highest BCUT2D eigenvalue weighted by Crippen LogP contribution is 2.37. The summed E-state index contributed by atoms with van der Waals surface area (Å²) in [5.74, 6) is -0.254.